The van der Waals surface area contributed by atoms with Crippen LogP contribution in [0.5, 0.6) is 0 Å². The number of nitrogens with zero attached hydrogens (tertiary/aromatic N) is 2. The van der Waals surface area contributed by atoms with Crippen molar-refractivity contribution in [3.05, 3.63) is 70.6 Å². The molecule has 0 aliphatic carbocycles. The average molecular weight is 399 g/mol. The lowest BCUT2D eigenvalue weighted by Crippen LogP contribution is -2.38. The summed E-state index contributed by atoms with van der Waals surface area (Å²) in [6, 6.07) is 12.4. The Morgan fingerprint density at radius 3 is 2.32 bits per heavy atom. The van der Waals surface area contributed by atoms with Gasteiger partial charge in [0.2, 0.25) is 0 Å². The maximum atomic E-state index is 13.4. The molecular formula is C22H20ClFN2O2. The number of rotatable bonds is 3. The van der Waals surface area contributed by atoms with Gasteiger partial charge in [0, 0.05) is 18.1 Å². The monoisotopic (exact) mass is 398 g/mol. The van der Waals surface area contributed by atoms with Gasteiger partial charge in [-0.25, -0.2) is 9.29 Å². The Morgan fingerprint density at radius 1 is 1.00 bits per heavy atom. The van der Waals surface area contributed by atoms with Gasteiger partial charge in [-0.3, -0.25) is 9.59 Å². The summed E-state index contributed by atoms with van der Waals surface area (Å²) in [6.45, 7) is 3.61. The number of likely N-dealkylation sites (tertiary alicyclic amines) is 1. The number of halogens is 2. The van der Waals surface area contributed by atoms with E-state index in [1.54, 1.807) is 36.4 Å². The van der Waals surface area contributed by atoms with Crippen molar-refractivity contribution < 1.29 is 14.0 Å². The Bertz CT molecular complexity index is 963. The summed E-state index contributed by atoms with van der Waals surface area (Å²) in [7, 11) is 0. The zero-order chi connectivity index (χ0) is 19.8. The lowest BCUT2D eigenvalue weighted by molar-refractivity contribution is -0.120. The minimum absolute atomic E-state index is 0.319. The number of carbonyl (C=O) groups excluding carboxylic acids is 2. The van der Waals surface area contributed by atoms with Gasteiger partial charge in [0.1, 0.15) is 11.5 Å². The number of benzene rings is 2. The minimum atomic E-state index is -0.410. The third-order valence-electron chi connectivity index (χ3n) is 5.36. The predicted molar refractivity (Wildman–Crippen MR) is 107 cm³/mol. The number of imide groups is 1. The fourth-order valence-electron chi connectivity index (χ4n) is 3.77. The number of anilines is 1. The second-order valence-corrected chi connectivity index (χ2v) is 7.76. The van der Waals surface area contributed by atoms with E-state index in [1.165, 1.54) is 12.1 Å². The molecule has 144 valence electrons. The number of hydrogen-bond acceptors (Lipinski definition) is 3. The summed E-state index contributed by atoms with van der Waals surface area (Å²) in [5.41, 5.74) is 1.68. The van der Waals surface area contributed by atoms with Crippen molar-refractivity contribution >= 4 is 34.7 Å². The van der Waals surface area contributed by atoms with E-state index in [4.69, 9.17) is 11.6 Å². The normalized spacial score (nSPS) is 18.4. The van der Waals surface area contributed by atoms with Gasteiger partial charge in [-0.1, -0.05) is 36.7 Å². The van der Waals surface area contributed by atoms with Crippen molar-refractivity contribution in [2.45, 2.75) is 19.8 Å². The van der Waals surface area contributed by atoms with E-state index in [0.29, 0.717) is 46.6 Å². The largest absolute Gasteiger partial charge is 0.366 e. The Morgan fingerprint density at radius 2 is 1.68 bits per heavy atom. The number of piperidine rings is 1. The Labute approximate surface area is 168 Å². The van der Waals surface area contributed by atoms with Gasteiger partial charge in [-0.05, 0) is 54.7 Å². The lowest BCUT2D eigenvalue weighted by Gasteiger charge is -2.32. The molecule has 1 saturated heterocycles. The fourth-order valence-corrected chi connectivity index (χ4v) is 3.95. The van der Waals surface area contributed by atoms with Crippen LogP contribution in [0.25, 0.3) is 5.57 Å². The smallest absolute Gasteiger partial charge is 0.282 e. The topological polar surface area (TPSA) is 40.6 Å². The second-order valence-electron chi connectivity index (χ2n) is 7.33. The van der Waals surface area contributed by atoms with E-state index in [9.17, 15) is 14.0 Å². The van der Waals surface area contributed by atoms with Crippen molar-refractivity contribution in [1.29, 1.82) is 0 Å². The molecule has 1 fully saturated rings. The van der Waals surface area contributed by atoms with Gasteiger partial charge in [0.05, 0.1) is 11.3 Å². The van der Waals surface area contributed by atoms with Crippen LogP contribution in [0, 0.1) is 11.7 Å². The summed E-state index contributed by atoms with van der Waals surface area (Å²) in [5, 5.41) is 0.446. The second kappa shape index (κ2) is 7.40. The zero-order valence-corrected chi connectivity index (χ0v) is 16.2. The summed E-state index contributed by atoms with van der Waals surface area (Å²) in [4.78, 5) is 29.8. The van der Waals surface area contributed by atoms with E-state index >= 15 is 0 Å². The first-order valence-electron chi connectivity index (χ1n) is 9.35. The maximum absolute atomic E-state index is 13.4. The fraction of sp³-hybridized carbons (Fsp3) is 0.273. The molecule has 2 aliphatic heterocycles. The molecule has 0 unspecified atom stereocenters. The highest BCUT2D eigenvalue weighted by atomic mass is 35.5. The van der Waals surface area contributed by atoms with Crippen LogP contribution in [0.1, 0.15) is 25.3 Å². The van der Waals surface area contributed by atoms with Gasteiger partial charge in [-0.2, -0.15) is 0 Å². The first-order chi connectivity index (χ1) is 13.5. The van der Waals surface area contributed by atoms with Crippen molar-refractivity contribution in [3.63, 3.8) is 0 Å². The molecule has 2 heterocycles. The van der Waals surface area contributed by atoms with Gasteiger partial charge >= 0.3 is 0 Å². The van der Waals surface area contributed by atoms with Gasteiger partial charge < -0.3 is 4.90 Å². The molecule has 0 N–H and O–H groups in total. The van der Waals surface area contributed by atoms with Crippen molar-refractivity contribution in [3.8, 4) is 0 Å². The third kappa shape index (κ3) is 3.31. The van der Waals surface area contributed by atoms with Crippen molar-refractivity contribution in [2.24, 2.45) is 5.92 Å². The molecule has 2 aromatic rings. The van der Waals surface area contributed by atoms with Crippen LogP contribution < -0.4 is 4.90 Å². The van der Waals surface area contributed by atoms with Crippen molar-refractivity contribution in [2.75, 3.05) is 18.0 Å². The highest BCUT2D eigenvalue weighted by Crippen LogP contribution is 2.36. The summed E-state index contributed by atoms with van der Waals surface area (Å²) >= 11 is 6.08. The summed E-state index contributed by atoms with van der Waals surface area (Å²) < 4.78 is 13.4. The van der Waals surface area contributed by atoms with Crippen LogP contribution in [-0.4, -0.2) is 29.8 Å². The molecule has 0 atom stereocenters. The van der Waals surface area contributed by atoms with Crippen LogP contribution in [0.3, 0.4) is 0 Å². The first-order valence-corrected chi connectivity index (χ1v) is 9.73. The van der Waals surface area contributed by atoms with Crippen molar-refractivity contribution in [1.82, 2.24) is 4.90 Å². The predicted octanol–water partition coefficient (Wildman–Crippen LogP) is 4.50. The molecule has 4 rings (SSSR count). The van der Waals surface area contributed by atoms with Gasteiger partial charge in [0.15, 0.2) is 0 Å². The molecule has 0 saturated carbocycles. The first kappa shape index (κ1) is 18.7. The molecule has 6 heteroatoms. The van der Waals surface area contributed by atoms with Crippen LogP contribution in [0.2, 0.25) is 5.02 Å². The Balaban J connectivity index is 1.81. The summed E-state index contributed by atoms with van der Waals surface area (Å²) in [5.74, 6) is -0.572. The van der Waals surface area contributed by atoms with E-state index < -0.39 is 5.91 Å². The number of carbonyl (C=O) groups is 2. The molecule has 4 nitrogen and oxygen atoms in total. The molecule has 2 aromatic carbocycles. The molecule has 0 radical (unpaired) electrons. The maximum Gasteiger partial charge on any atom is 0.282 e. The molecule has 28 heavy (non-hydrogen) atoms. The van der Waals surface area contributed by atoms with Crippen LogP contribution >= 0.6 is 11.6 Å². The standard InChI is InChI=1S/C22H20ClFN2O2/c1-14-9-11-25(12-10-14)20-19(15-5-7-17(24)8-6-15)21(27)26(22(20)28)18-4-2-3-16(23)13-18/h2-8,13-14H,9-12H2,1H3. The van der Waals surface area contributed by atoms with Gasteiger partial charge in [-0.15, -0.1) is 0 Å². The highest BCUT2D eigenvalue weighted by Gasteiger charge is 2.43. The highest BCUT2D eigenvalue weighted by molar-refractivity contribution is 6.45. The molecular weight excluding hydrogens is 379 g/mol. The SMILES string of the molecule is CC1CCN(C2=C(c3ccc(F)cc3)C(=O)N(c3cccc(Cl)c3)C2=O)CC1. The molecule has 2 amide bonds. The zero-order valence-electron chi connectivity index (χ0n) is 15.5. The Kier molecular flexibility index (Phi) is 4.94. The van der Waals surface area contributed by atoms with Gasteiger partial charge in [0.25, 0.3) is 11.8 Å². The van der Waals surface area contributed by atoms with E-state index in [-0.39, 0.29) is 11.7 Å². The van der Waals surface area contributed by atoms with Crippen LogP contribution in [-0.2, 0) is 9.59 Å². The summed E-state index contributed by atoms with van der Waals surface area (Å²) in [6.07, 6.45) is 1.91. The molecule has 2 aliphatic rings. The lowest BCUT2D eigenvalue weighted by atomic mass is 9.97. The molecule has 0 bridgehead atoms. The quantitative estimate of drug-likeness (QED) is 0.715. The average Bonchev–Trinajstić information content (AvgIpc) is 2.93. The third-order valence-corrected chi connectivity index (χ3v) is 5.59. The van der Waals surface area contributed by atoms with Crippen LogP contribution in [0.15, 0.2) is 54.2 Å². The molecule has 0 spiro atoms. The number of amides is 2. The van der Waals surface area contributed by atoms with E-state index in [0.717, 1.165) is 17.7 Å². The molecule has 0 aromatic heterocycles. The van der Waals surface area contributed by atoms with E-state index in [1.807, 2.05) is 4.90 Å². The minimum Gasteiger partial charge on any atom is -0.366 e. The van der Waals surface area contributed by atoms with Crippen LogP contribution in [0.4, 0.5) is 10.1 Å². The number of hydrogen-bond donors (Lipinski definition) is 0. The Hall–Kier alpha value is -2.66. The van der Waals surface area contributed by atoms with E-state index in [2.05, 4.69) is 6.92 Å².